The molecule has 1 aliphatic heterocycles. The lowest BCUT2D eigenvalue weighted by molar-refractivity contribution is -0.163. The van der Waals surface area contributed by atoms with E-state index in [1.807, 2.05) is 0 Å². The van der Waals surface area contributed by atoms with Crippen molar-refractivity contribution in [3.63, 3.8) is 0 Å². The summed E-state index contributed by atoms with van der Waals surface area (Å²) in [6.45, 7) is 3.71. The zero-order chi connectivity index (χ0) is 13.5. The number of carbonyl (C=O) groups excluding carboxylic acids is 3. The standard InChI is InChI=1S/C12H19NO5/c1-3-17-11(15)10(12(16)18-4-2)8-6-5-7-9(14)13-8/h8,10H,3-7H2,1-2H3,(H,13,14). The number of piperidine rings is 1. The minimum Gasteiger partial charge on any atom is -0.465 e. The van der Waals surface area contributed by atoms with Crippen LogP contribution in [0.15, 0.2) is 0 Å². The molecular formula is C12H19NO5. The first-order valence-corrected chi connectivity index (χ1v) is 6.22. The molecular weight excluding hydrogens is 238 g/mol. The summed E-state index contributed by atoms with van der Waals surface area (Å²) in [4.78, 5) is 34.9. The lowest BCUT2D eigenvalue weighted by atomic mass is 9.92. The molecule has 1 rings (SSSR count). The maximum atomic E-state index is 11.8. The van der Waals surface area contributed by atoms with E-state index in [9.17, 15) is 14.4 Å². The molecule has 0 aromatic carbocycles. The molecule has 0 aromatic rings. The number of carbonyl (C=O) groups is 3. The van der Waals surface area contributed by atoms with E-state index >= 15 is 0 Å². The van der Waals surface area contributed by atoms with Crippen molar-refractivity contribution in [2.75, 3.05) is 13.2 Å². The molecule has 0 radical (unpaired) electrons. The van der Waals surface area contributed by atoms with E-state index in [1.54, 1.807) is 13.8 Å². The van der Waals surface area contributed by atoms with Crippen molar-refractivity contribution in [3.8, 4) is 0 Å². The van der Waals surface area contributed by atoms with Gasteiger partial charge in [0.25, 0.3) is 0 Å². The monoisotopic (exact) mass is 257 g/mol. The lowest BCUT2D eigenvalue weighted by Gasteiger charge is -2.28. The molecule has 0 spiro atoms. The van der Waals surface area contributed by atoms with Gasteiger partial charge in [0.15, 0.2) is 5.92 Å². The Morgan fingerprint density at radius 3 is 2.28 bits per heavy atom. The first-order valence-electron chi connectivity index (χ1n) is 6.22. The number of esters is 2. The average Bonchev–Trinajstić information content (AvgIpc) is 2.30. The van der Waals surface area contributed by atoms with Crippen molar-refractivity contribution in [3.05, 3.63) is 0 Å². The molecule has 1 atom stereocenters. The van der Waals surface area contributed by atoms with Crippen molar-refractivity contribution >= 4 is 17.8 Å². The second kappa shape index (κ2) is 6.98. The summed E-state index contributed by atoms with van der Waals surface area (Å²) in [5, 5.41) is 2.65. The summed E-state index contributed by atoms with van der Waals surface area (Å²) in [5.74, 6) is -2.48. The Bertz CT molecular complexity index is 310. The predicted molar refractivity (Wildman–Crippen MR) is 62.5 cm³/mol. The van der Waals surface area contributed by atoms with Gasteiger partial charge in [-0.25, -0.2) is 0 Å². The molecule has 102 valence electrons. The van der Waals surface area contributed by atoms with E-state index in [1.165, 1.54) is 0 Å². The Hall–Kier alpha value is -1.59. The van der Waals surface area contributed by atoms with E-state index in [2.05, 4.69) is 5.32 Å². The minimum absolute atomic E-state index is 0.148. The first-order chi connectivity index (χ1) is 8.60. The van der Waals surface area contributed by atoms with Gasteiger partial charge in [-0.1, -0.05) is 0 Å². The van der Waals surface area contributed by atoms with E-state index < -0.39 is 23.9 Å². The second-order valence-electron chi connectivity index (χ2n) is 4.05. The average molecular weight is 257 g/mol. The number of rotatable bonds is 5. The van der Waals surface area contributed by atoms with Gasteiger partial charge in [-0.15, -0.1) is 0 Å². The minimum atomic E-state index is -1.06. The van der Waals surface area contributed by atoms with Crippen LogP contribution >= 0.6 is 0 Å². The molecule has 0 aliphatic carbocycles. The van der Waals surface area contributed by atoms with Crippen LogP contribution in [0, 0.1) is 5.92 Å². The highest BCUT2D eigenvalue weighted by Crippen LogP contribution is 2.19. The fourth-order valence-corrected chi connectivity index (χ4v) is 1.97. The lowest BCUT2D eigenvalue weighted by Crippen LogP contribution is -2.50. The maximum Gasteiger partial charge on any atom is 0.322 e. The fraction of sp³-hybridized carbons (Fsp3) is 0.750. The van der Waals surface area contributed by atoms with Crippen LogP contribution in [0.5, 0.6) is 0 Å². The Kier molecular flexibility index (Phi) is 5.61. The number of hydrogen-bond donors (Lipinski definition) is 1. The maximum absolute atomic E-state index is 11.8. The van der Waals surface area contributed by atoms with Crippen molar-refractivity contribution in [2.45, 2.75) is 39.2 Å². The highest BCUT2D eigenvalue weighted by molar-refractivity contribution is 5.96. The molecule has 0 bridgehead atoms. The van der Waals surface area contributed by atoms with Crippen molar-refractivity contribution < 1.29 is 23.9 Å². The predicted octanol–water partition coefficient (Wildman–Crippen LogP) is 0.398. The number of amides is 1. The smallest absolute Gasteiger partial charge is 0.322 e. The molecule has 1 unspecified atom stereocenters. The second-order valence-corrected chi connectivity index (χ2v) is 4.05. The largest absolute Gasteiger partial charge is 0.465 e. The van der Waals surface area contributed by atoms with Gasteiger partial charge in [-0.05, 0) is 26.7 Å². The van der Waals surface area contributed by atoms with Crippen LogP contribution in [-0.4, -0.2) is 37.1 Å². The van der Waals surface area contributed by atoms with Crippen LogP contribution in [0.3, 0.4) is 0 Å². The summed E-state index contributed by atoms with van der Waals surface area (Å²) in [7, 11) is 0. The van der Waals surface area contributed by atoms with E-state index in [0.29, 0.717) is 19.3 Å². The summed E-state index contributed by atoms with van der Waals surface area (Å²) < 4.78 is 9.74. The molecule has 6 heteroatoms. The van der Waals surface area contributed by atoms with Crippen molar-refractivity contribution in [2.24, 2.45) is 5.92 Å². The fourth-order valence-electron chi connectivity index (χ4n) is 1.97. The molecule has 1 saturated heterocycles. The zero-order valence-corrected chi connectivity index (χ0v) is 10.7. The SMILES string of the molecule is CCOC(=O)C(C(=O)OCC)C1CCCC(=O)N1. The van der Waals surface area contributed by atoms with Gasteiger partial charge in [-0.3, -0.25) is 14.4 Å². The highest BCUT2D eigenvalue weighted by Gasteiger charge is 2.39. The Morgan fingerprint density at radius 2 is 1.83 bits per heavy atom. The third kappa shape index (κ3) is 3.72. The number of nitrogens with one attached hydrogen (secondary N) is 1. The van der Waals surface area contributed by atoms with Gasteiger partial charge in [-0.2, -0.15) is 0 Å². The van der Waals surface area contributed by atoms with Crippen LogP contribution in [0.25, 0.3) is 0 Å². The van der Waals surface area contributed by atoms with Crippen LogP contribution < -0.4 is 5.32 Å². The van der Waals surface area contributed by atoms with E-state index in [0.717, 1.165) is 0 Å². The first kappa shape index (κ1) is 14.5. The summed E-state index contributed by atoms with van der Waals surface area (Å²) in [6.07, 6.45) is 1.66. The van der Waals surface area contributed by atoms with Gasteiger partial charge < -0.3 is 14.8 Å². The molecule has 1 amide bonds. The summed E-state index contributed by atoms with van der Waals surface area (Å²) in [5.41, 5.74) is 0. The molecule has 0 saturated carbocycles. The van der Waals surface area contributed by atoms with Gasteiger partial charge in [0, 0.05) is 6.42 Å². The van der Waals surface area contributed by atoms with Gasteiger partial charge in [0.1, 0.15) is 0 Å². The molecule has 1 N–H and O–H groups in total. The molecule has 1 heterocycles. The van der Waals surface area contributed by atoms with Crippen molar-refractivity contribution in [1.29, 1.82) is 0 Å². The van der Waals surface area contributed by atoms with E-state index in [4.69, 9.17) is 9.47 Å². The van der Waals surface area contributed by atoms with Crippen LogP contribution in [0.1, 0.15) is 33.1 Å². The van der Waals surface area contributed by atoms with Crippen molar-refractivity contribution in [1.82, 2.24) is 5.32 Å². The summed E-state index contributed by atoms with van der Waals surface area (Å²) >= 11 is 0. The van der Waals surface area contributed by atoms with Gasteiger partial charge in [0.2, 0.25) is 5.91 Å². The van der Waals surface area contributed by atoms with Crippen LogP contribution in [0.2, 0.25) is 0 Å². The van der Waals surface area contributed by atoms with Gasteiger partial charge >= 0.3 is 11.9 Å². The molecule has 1 aliphatic rings. The quantitative estimate of drug-likeness (QED) is 0.569. The van der Waals surface area contributed by atoms with Crippen LogP contribution in [0.4, 0.5) is 0 Å². The Labute approximate surface area is 106 Å². The zero-order valence-electron chi connectivity index (χ0n) is 10.7. The third-order valence-electron chi connectivity index (χ3n) is 2.75. The summed E-state index contributed by atoms with van der Waals surface area (Å²) in [6, 6.07) is -0.524. The molecule has 18 heavy (non-hydrogen) atoms. The molecule has 0 aromatic heterocycles. The Morgan fingerprint density at radius 1 is 1.28 bits per heavy atom. The highest BCUT2D eigenvalue weighted by atomic mass is 16.6. The molecule has 6 nitrogen and oxygen atoms in total. The molecule has 1 fully saturated rings. The Balaban J connectivity index is 2.78. The number of ether oxygens (including phenoxy) is 2. The van der Waals surface area contributed by atoms with E-state index in [-0.39, 0.29) is 19.1 Å². The van der Waals surface area contributed by atoms with Gasteiger partial charge in [0.05, 0.1) is 19.3 Å². The number of hydrogen-bond acceptors (Lipinski definition) is 5. The third-order valence-corrected chi connectivity index (χ3v) is 2.75. The van der Waals surface area contributed by atoms with Crippen LogP contribution in [-0.2, 0) is 23.9 Å². The normalized spacial score (nSPS) is 19.3. The topological polar surface area (TPSA) is 81.7 Å².